The van der Waals surface area contributed by atoms with E-state index >= 15 is 0 Å². The number of ether oxygens (including phenoxy) is 1. The summed E-state index contributed by atoms with van der Waals surface area (Å²) in [6, 6.07) is 3.65. The molecule has 1 aliphatic heterocycles. The smallest absolute Gasteiger partial charge is 0.254 e. The fraction of sp³-hybridized carbons (Fsp3) is 0.500. The molecule has 1 aliphatic rings. The highest BCUT2D eigenvalue weighted by atomic mass is 16.5. The second-order valence-corrected chi connectivity index (χ2v) is 4.23. The van der Waals surface area contributed by atoms with E-state index < -0.39 is 0 Å². The first kappa shape index (κ1) is 12.0. The lowest BCUT2D eigenvalue weighted by Crippen LogP contribution is -2.33. The molecule has 2 heterocycles. The van der Waals surface area contributed by atoms with Crippen LogP contribution in [0.1, 0.15) is 22.2 Å². The SMILES string of the molecule is CN(C)C(=O)c1ccc(C2CNCCO2)nc1. The molecule has 2 rings (SSSR count). The maximum Gasteiger partial charge on any atom is 0.254 e. The molecular weight excluding hydrogens is 218 g/mol. The largest absolute Gasteiger partial charge is 0.369 e. The molecule has 1 aromatic heterocycles. The molecule has 0 saturated carbocycles. The Balaban J connectivity index is 2.09. The van der Waals surface area contributed by atoms with Gasteiger partial charge in [-0.3, -0.25) is 9.78 Å². The van der Waals surface area contributed by atoms with Crippen LogP contribution in [0.2, 0.25) is 0 Å². The number of amides is 1. The van der Waals surface area contributed by atoms with Gasteiger partial charge in [0, 0.05) is 33.4 Å². The fourth-order valence-corrected chi connectivity index (χ4v) is 1.74. The Morgan fingerprint density at radius 3 is 2.88 bits per heavy atom. The molecule has 1 amide bonds. The minimum Gasteiger partial charge on any atom is -0.369 e. The van der Waals surface area contributed by atoms with Crippen molar-refractivity contribution in [1.29, 1.82) is 0 Å². The molecule has 1 N–H and O–H groups in total. The molecule has 1 atom stereocenters. The van der Waals surface area contributed by atoms with E-state index in [-0.39, 0.29) is 12.0 Å². The van der Waals surface area contributed by atoms with Crippen molar-refractivity contribution in [3.8, 4) is 0 Å². The summed E-state index contributed by atoms with van der Waals surface area (Å²) in [5.74, 6) is -0.0354. The van der Waals surface area contributed by atoms with Crippen molar-refractivity contribution in [1.82, 2.24) is 15.2 Å². The molecule has 17 heavy (non-hydrogen) atoms. The topological polar surface area (TPSA) is 54.5 Å². The molecule has 0 radical (unpaired) electrons. The quantitative estimate of drug-likeness (QED) is 0.808. The van der Waals surface area contributed by atoms with E-state index in [1.54, 1.807) is 26.4 Å². The lowest BCUT2D eigenvalue weighted by atomic mass is 10.1. The van der Waals surface area contributed by atoms with Gasteiger partial charge >= 0.3 is 0 Å². The third-order valence-electron chi connectivity index (χ3n) is 2.70. The molecule has 1 aromatic rings. The molecule has 1 unspecified atom stereocenters. The monoisotopic (exact) mass is 235 g/mol. The van der Waals surface area contributed by atoms with Gasteiger partial charge in [-0.05, 0) is 12.1 Å². The molecule has 5 heteroatoms. The van der Waals surface area contributed by atoms with Crippen molar-refractivity contribution in [2.45, 2.75) is 6.10 Å². The van der Waals surface area contributed by atoms with Gasteiger partial charge in [-0.2, -0.15) is 0 Å². The summed E-state index contributed by atoms with van der Waals surface area (Å²) < 4.78 is 5.59. The average Bonchev–Trinajstić information content (AvgIpc) is 2.39. The number of hydrogen-bond acceptors (Lipinski definition) is 4. The Morgan fingerprint density at radius 2 is 2.35 bits per heavy atom. The minimum atomic E-state index is -0.0354. The number of carbonyl (C=O) groups is 1. The predicted molar refractivity (Wildman–Crippen MR) is 63.8 cm³/mol. The molecular formula is C12H17N3O2. The first-order chi connectivity index (χ1) is 8.18. The van der Waals surface area contributed by atoms with Gasteiger partial charge in [0.05, 0.1) is 17.9 Å². The van der Waals surface area contributed by atoms with E-state index in [2.05, 4.69) is 10.3 Å². The van der Waals surface area contributed by atoms with E-state index in [0.29, 0.717) is 12.2 Å². The Labute approximate surface area is 101 Å². The van der Waals surface area contributed by atoms with Crippen molar-refractivity contribution in [3.05, 3.63) is 29.6 Å². The van der Waals surface area contributed by atoms with Gasteiger partial charge in [0.2, 0.25) is 0 Å². The summed E-state index contributed by atoms with van der Waals surface area (Å²) in [6.45, 7) is 2.35. The molecule has 0 spiro atoms. The van der Waals surface area contributed by atoms with E-state index in [4.69, 9.17) is 4.74 Å². The third-order valence-corrected chi connectivity index (χ3v) is 2.70. The Morgan fingerprint density at radius 1 is 1.53 bits per heavy atom. The van der Waals surface area contributed by atoms with Crippen LogP contribution in [-0.4, -0.2) is 49.6 Å². The standard InChI is InChI=1S/C12H17N3O2/c1-15(2)12(16)9-3-4-10(14-7-9)11-8-13-5-6-17-11/h3-4,7,11,13H,5-6,8H2,1-2H3. The number of nitrogens with one attached hydrogen (secondary N) is 1. The lowest BCUT2D eigenvalue weighted by Gasteiger charge is -2.23. The van der Waals surface area contributed by atoms with E-state index in [0.717, 1.165) is 18.8 Å². The number of aromatic nitrogens is 1. The Hall–Kier alpha value is -1.46. The zero-order valence-electron chi connectivity index (χ0n) is 10.1. The highest BCUT2D eigenvalue weighted by molar-refractivity contribution is 5.93. The minimum absolute atomic E-state index is 0.00717. The summed E-state index contributed by atoms with van der Waals surface area (Å²) in [4.78, 5) is 17.5. The molecule has 1 fully saturated rings. The number of carbonyl (C=O) groups excluding carboxylic acids is 1. The molecule has 0 aliphatic carbocycles. The summed E-state index contributed by atoms with van der Waals surface area (Å²) in [5, 5.41) is 3.25. The maximum absolute atomic E-state index is 11.7. The van der Waals surface area contributed by atoms with Crippen molar-refractivity contribution < 1.29 is 9.53 Å². The highest BCUT2D eigenvalue weighted by Crippen LogP contribution is 2.16. The number of hydrogen-bond donors (Lipinski definition) is 1. The van der Waals surface area contributed by atoms with E-state index in [1.807, 2.05) is 6.07 Å². The van der Waals surface area contributed by atoms with Crippen LogP contribution in [0.5, 0.6) is 0 Å². The second kappa shape index (κ2) is 5.25. The fourth-order valence-electron chi connectivity index (χ4n) is 1.74. The van der Waals surface area contributed by atoms with Gasteiger partial charge in [-0.25, -0.2) is 0 Å². The second-order valence-electron chi connectivity index (χ2n) is 4.23. The summed E-state index contributed by atoms with van der Waals surface area (Å²) in [7, 11) is 3.45. The number of morpholine rings is 1. The Kier molecular flexibility index (Phi) is 3.71. The van der Waals surface area contributed by atoms with Crippen molar-refractivity contribution >= 4 is 5.91 Å². The molecule has 1 saturated heterocycles. The van der Waals surface area contributed by atoms with Crippen LogP contribution in [0.25, 0.3) is 0 Å². The lowest BCUT2D eigenvalue weighted by molar-refractivity contribution is 0.0250. The van der Waals surface area contributed by atoms with Crippen LogP contribution in [0, 0.1) is 0 Å². The summed E-state index contributed by atoms with van der Waals surface area (Å²) in [6.07, 6.45) is 1.60. The Bertz CT molecular complexity index is 383. The van der Waals surface area contributed by atoms with Gasteiger partial charge in [-0.15, -0.1) is 0 Å². The van der Waals surface area contributed by atoms with Crippen molar-refractivity contribution in [2.75, 3.05) is 33.8 Å². The predicted octanol–water partition coefficient (Wildman–Crippen LogP) is 0.444. The van der Waals surface area contributed by atoms with Crippen molar-refractivity contribution in [3.63, 3.8) is 0 Å². The van der Waals surface area contributed by atoms with Gasteiger partial charge in [0.25, 0.3) is 5.91 Å². The van der Waals surface area contributed by atoms with Crippen LogP contribution in [-0.2, 0) is 4.74 Å². The number of nitrogens with zero attached hydrogens (tertiary/aromatic N) is 2. The van der Waals surface area contributed by atoms with Gasteiger partial charge in [0.15, 0.2) is 0 Å². The third kappa shape index (κ3) is 2.81. The van der Waals surface area contributed by atoms with Crippen LogP contribution >= 0.6 is 0 Å². The van der Waals surface area contributed by atoms with Gasteiger partial charge in [0.1, 0.15) is 6.10 Å². The number of pyridine rings is 1. The van der Waals surface area contributed by atoms with E-state index in [9.17, 15) is 4.79 Å². The zero-order chi connectivity index (χ0) is 12.3. The van der Waals surface area contributed by atoms with Crippen LogP contribution in [0.4, 0.5) is 0 Å². The van der Waals surface area contributed by atoms with Gasteiger partial charge < -0.3 is 15.0 Å². The molecule has 5 nitrogen and oxygen atoms in total. The van der Waals surface area contributed by atoms with Crippen molar-refractivity contribution in [2.24, 2.45) is 0 Å². The summed E-state index contributed by atoms with van der Waals surface area (Å²) in [5.41, 5.74) is 1.47. The normalized spacial score (nSPS) is 20.0. The molecule has 92 valence electrons. The number of rotatable bonds is 2. The van der Waals surface area contributed by atoms with Crippen LogP contribution in [0.3, 0.4) is 0 Å². The molecule has 0 aromatic carbocycles. The summed E-state index contributed by atoms with van der Waals surface area (Å²) >= 11 is 0. The van der Waals surface area contributed by atoms with E-state index in [1.165, 1.54) is 4.90 Å². The molecule has 0 bridgehead atoms. The zero-order valence-corrected chi connectivity index (χ0v) is 10.1. The van der Waals surface area contributed by atoms with Crippen LogP contribution in [0.15, 0.2) is 18.3 Å². The maximum atomic E-state index is 11.7. The van der Waals surface area contributed by atoms with Crippen LogP contribution < -0.4 is 5.32 Å². The highest BCUT2D eigenvalue weighted by Gasteiger charge is 2.17. The first-order valence-corrected chi connectivity index (χ1v) is 5.68. The van der Waals surface area contributed by atoms with Gasteiger partial charge in [-0.1, -0.05) is 0 Å². The first-order valence-electron chi connectivity index (χ1n) is 5.68. The average molecular weight is 235 g/mol.